The molecule has 0 aliphatic carbocycles. The Kier molecular flexibility index (Phi) is 4.05. The zero-order valence-corrected chi connectivity index (χ0v) is 12.6. The molecule has 5 heteroatoms. The first kappa shape index (κ1) is 15.5. The Labute approximate surface area is 124 Å². The number of anilines is 1. The van der Waals surface area contributed by atoms with Crippen molar-refractivity contribution >= 4 is 17.6 Å². The number of amides is 1. The fourth-order valence-electron chi connectivity index (χ4n) is 2.82. The van der Waals surface area contributed by atoms with Gasteiger partial charge in [-0.25, -0.2) is 0 Å². The van der Waals surface area contributed by atoms with Crippen molar-refractivity contribution in [3.8, 4) is 0 Å². The molecule has 0 saturated heterocycles. The highest BCUT2D eigenvalue weighted by Gasteiger charge is 2.28. The number of carbonyl (C=O) groups excluding carboxylic acids is 1. The molecule has 1 aliphatic heterocycles. The Bertz CT molecular complexity index is 580. The molecular weight excluding hydrogens is 270 g/mol. The van der Waals surface area contributed by atoms with Gasteiger partial charge in [0.25, 0.3) is 0 Å². The highest BCUT2D eigenvalue weighted by atomic mass is 16.4. The van der Waals surface area contributed by atoms with Gasteiger partial charge in [-0.3, -0.25) is 9.59 Å². The highest BCUT2D eigenvalue weighted by molar-refractivity contribution is 6.00. The first-order valence-electron chi connectivity index (χ1n) is 6.99. The van der Waals surface area contributed by atoms with Crippen LogP contribution in [0.25, 0.3) is 0 Å². The van der Waals surface area contributed by atoms with Gasteiger partial charge in [-0.1, -0.05) is 26.0 Å². The summed E-state index contributed by atoms with van der Waals surface area (Å²) in [6, 6.07) is 5.48. The quantitative estimate of drug-likeness (QED) is 0.871. The smallest absolute Gasteiger partial charge is 0.303 e. The SMILES string of the molecule is CN1C(=O)Cc2cc(C(O)CC(C)(C)CC(=O)O)ccc21. The minimum Gasteiger partial charge on any atom is -0.481 e. The van der Waals surface area contributed by atoms with Crippen LogP contribution in [0, 0.1) is 5.41 Å². The molecule has 0 spiro atoms. The zero-order valence-electron chi connectivity index (χ0n) is 12.6. The third-order valence-electron chi connectivity index (χ3n) is 3.94. The molecule has 114 valence electrons. The number of rotatable bonds is 5. The molecule has 1 heterocycles. The minimum atomic E-state index is -0.867. The number of carbonyl (C=O) groups is 2. The number of aliphatic carboxylic acids is 1. The van der Waals surface area contributed by atoms with Crippen molar-refractivity contribution < 1.29 is 19.8 Å². The molecule has 1 aromatic carbocycles. The summed E-state index contributed by atoms with van der Waals surface area (Å²) in [5.41, 5.74) is 2.03. The highest BCUT2D eigenvalue weighted by Crippen LogP contribution is 2.35. The third kappa shape index (κ3) is 3.42. The Balaban J connectivity index is 2.14. The lowest BCUT2D eigenvalue weighted by Gasteiger charge is -2.26. The van der Waals surface area contributed by atoms with E-state index in [-0.39, 0.29) is 12.3 Å². The van der Waals surface area contributed by atoms with Crippen molar-refractivity contribution in [3.05, 3.63) is 29.3 Å². The number of aliphatic hydroxyl groups is 1. The van der Waals surface area contributed by atoms with Crippen LogP contribution in [-0.2, 0) is 16.0 Å². The predicted molar refractivity (Wildman–Crippen MR) is 79.2 cm³/mol. The third-order valence-corrected chi connectivity index (χ3v) is 3.94. The van der Waals surface area contributed by atoms with Gasteiger partial charge >= 0.3 is 5.97 Å². The lowest BCUT2D eigenvalue weighted by Crippen LogP contribution is -2.20. The summed E-state index contributed by atoms with van der Waals surface area (Å²) in [4.78, 5) is 24.1. The second-order valence-corrected chi connectivity index (χ2v) is 6.47. The van der Waals surface area contributed by atoms with Gasteiger partial charge in [0, 0.05) is 12.7 Å². The van der Waals surface area contributed by atoms with Gasteiger partial charge in [-0.05, 0) is 29.0 Å². The molecule has 21 heavy (non-hydrogen) atoms. The maximum atomic E-state index is 11.7. The summed E-state index contributed by atoms with van der Waals surface area (Å²) in [6.45, 7) is 3.66. The van der Waals surface area contributed by atoms with Crippen LogP contribution >= 0.6 is 0 Å². The molecule has 1 aliphatic rings. The molecule has 1 unspecified atom stereocenters. The van der Waals surface area contributed by atoms with Crippen molar-refractivity contribution in [1.29, 1.82) is 0 Å². The number of hydrogen-bond donors (Lipinski definition) is 2. The molecule has 0 bridgehead atoms. The van der Waals surface area contributed by atoms with E-state index in [0.717, 1.165) is 16.8 Å². The molecular formula is C16H21NO4. The van der Waals surface area contributed by atoms with E-state index in [2.05, 4.69) is 0 Å². The number of nitrogens with zero attached hydrogens (tertiary/aromatic N) is 1. The van der Waals surface area contributed by atoms with E-state index in [1.54, 1.807) is 18.0 Å². The molecule has 1 aromatic rings. The zero-order chi connectivity index (χ0) is 15.8. The Morgan fingerprint density at radius 2 is 2.10 bits per heavy atom. The molecule has 1 atom stereocenters. The number of carboxylic acid groups (broad SMARTS) is 1. The van der Waals surface area contributed by atoms with Gasteiger partial charge in [0.15, 0.2) is 0 Å². The van der Waals surface area contributed by atoms with E-state index < -0.39 is 17.5 Å². The van der Waals surface area contributed by atoms with Crippen molar-refractivity contribution in [3.63, 3.8) is 0 Å². The summed E-state index contributed by atoms with van der Waals surface area (Å²) in [7, 11) is 1.74. The fraction of sp³-hybridized carbons (Fsp3) is 0.500. The van der Waals surface area contributed by atoms with Crippen LogP contribution in [0.4, 0.5) is 5.69 Å². The molecule has 0 radical (unpaired) electrons. The normalized spacial score (nSPS) is 16.0. The van der Waals surface area contributed by atoms with Gasteiger partial charge < -0.3 is 15.1 Å². The molecule has 0 saturated carbocycles. The number of hydrogen-bond acceptors (Lipinski definition) is 3. The van der Waals surface area contributed by atoms with E-state index in [0.29, 0.717) is 12.8 Å². The maximum Gasteiger partial charge on any atom is 0.303 e. The Morgan fingerprint density at radius 1 is 1.43 bits per heavy atom. The maximum absolute atomic E-state index is 11.7. The summed E-state index contributed by atoms with van der Waals surface area (Å²) in [5.74, 6) is -0.823. The van der Waals surface area contributed by atoms with Crippen LogP contribution in [0.1, 0.15) is 43.9 Å². The second-order valence-electron chi connectivity index (χ2n) is 6.47. The van der Waals surface area contributed by atoms with Crippen molar-refractivity contribution in [2.45, 2.75) is 39.2 Å². The van der Waals surface area contributed by atoms with Gasteiger partial charge in [-0.15, -0.1) is 0 Å². The van der Waals surface area contributed by atoms with Gasteiger partial charge in [-0.2, -0.15) is 0 Å². The average Bonchev–Trinajstić information content (AvgIpc) is 2.62. The Morgan fingerprint density at radius 3 is 2.71 bits per heavy atom. The molecule has 2 rings (SSSR count). The van der Waals surface area contributed by atoms with Crippen LogP contribution in [-0.4, -0.2) is 29.1 Å². The first-order valence-corrected chi connectivity index (χ1v) is 6.99. The van der Waals surface area contributed by atoms with Gasteiger partial charge in [0.1, 0.15) is 0 Å². The molecule has 0 aromatic heterocycles. The summed E-state index contributed by atoms with van der Waals surface area (Å²) < 4.78 is 0. The summed E-state index contributed by atoms with van der Waals surface area (Å²) in [5, 5.41) is 19.2. The summed E-state index contributed by atoms with van der Waals surface area (Å²) >= 11 is 0. The van der Waals surface area contributed by atoms with Gasteiger partial charge in [0.05, 0.1) is 18.9 Å². The van der Waals surface area contributed by atoms with Gasteiger partial charge in [0.2, 0.25) is 5.91 Å². The number of aliphatic hydroxyl groups excluding tert-OH is 1. The van der Waals surface area contributed by atoms with Crippen LogP contribution in [0.15, 0.2) is 18.2 Å². The van der Waals surface area contributed by atoms with E-state index in [9.17, 15) is 14.7 Å². The van der Waals surface area contributed by atoms with E-state index in [4.69, 9.17) is 5.11 Å². The molecule has 5 nitrogen and oxygen atoms in total. The summed E-state index contributed by atoms with van der Waals surface area (Å²) in [6.07, 6.45) is -0.00566. The van der Waals surface area contributed by atoms with E-state index in [1.807, 2.05) is 26.0 Å². The van der Waals surface area contributed by atoms with Crippen molar-refractivity contribution in [2.24, 2.45) is 5.41 Å². The van der Waals surface area contributed by atoms with Crippen molar-refractivity contribution in [1.82, 2.24) is 0 Å². The standard InChI is InChI=1S/C16H21NO4/c1-16(2,9-15(20)21)8-13(18)10-4-5-12-11(6-10)7-14(19)17(12)3/h4-6,13,18H,7-9H2,1-3H3,(H,20,21). The second kappa shape index (κ2) is 5.48. The van der Waals surface area contributed by atoms with Crippen molar-refractivity contribution in [2.75, 3.05) is 11.9 Å². The molecule has 0 fully saturated rings. The van der Waals surface area contributed by atoms with E-state index in [1.165, 1.54) is 0 Å². The number of fused-ring (bicyclic) bond motifs is 1. The van der Waals surface area contributed by atoms with Crippen LogP contribution < -0.4 is 4.90 Å². The lowest BCUT2D eigenvalue weighted by molar-refractivity contribution is -0.139. The molecule has 1 amide bonds. The van der Waals surface area contributed by atoms with E-state index >= 15 is 0 Å². The average molecular weight is 291 g/mol. The Hall–Kier alpha value is -1.88. The number of benzene rings is 1. The number of carboxylic acids is 1. The lowest BCUT2D eigenvalue weighted by atomic mass is 9.81. The first-order chi connectivity index (χ1) is 9.69. The monoisotopic (exact) mass is 291 g/mol. The van der Waals surface area contributed by atoms with Crippen LogP contribution in [0.5, 0.6) is 0 Å². The van der Waals surface area contributed by atoms with Crippen LogP contribution in [0.2, 0.25) is 0 Å². The molecule has 2 N–H and O–H groups in total. The topological polar surface area (TPSA) is 77.8 Å². The van der Waals surface area contributed by atoms with Crippen LogP contribution in [0.3, 0.4) is 0 Å². The largest absolute Gasteiger partial charge is 0.481 e. The predicted octanol–water partition coefficient (Wildman–Crippen LogP) is 2.13. The number of likely N-dealkylation sites (N-methyl/N-ethyl adjacent to an activating group) is 1. The fourth-order valence-corrected chi connectivity index (χ4v) is 2.82. The minimum absolute atomic E-state index is 0.0101.